The third kappa shape index (κ3) is 11.8. The largest absolute Gasteiger partial charge is 0.447 e. The third-order valence-corrected chi connectivity index (χ3v) is 2.06. The number of allylic oxidation sites excluding steroid dienone is 3. The van der Waals surface area contributed by atoms with Gasteiger partial charge in [0.2, 0.25) is 0 Å². The van der Waals surface area contributed by atoms with Crippen molar-refractivity contribution >= 4 is 17.9 Å². The van der Waals surface area contributed by atoms with Crippen molar-refractivity contribution in [1.29, 1.82) is 0 Å². The first-order chi connectivity index (χ1) is 11.0. The minimum Gasteiger partial charge on any atom is -0.447 e. The van der Waals surface area contributed by atoms with E-state index >= 15 is 0 Å². The molecule has 0 aromatic heterocycles. The molecule has 2 N–H and O–H groups in total. The van der Waals surface area contributed by atoms with E-state index in [4.69, 9.17) is 0 Å². The Morgan fingerprint density at radius 1 is 1.42 bits per heavy atom. The quantitative estimate of drug-likeness (QED) is 0.341. The van der Waals surface area contributed by atoms with Crippen molar-refractivity contribution in [2.24, 2.45) is 0 Å². The normalized spacial score (nSPS) is 16.2. The zero-order valence-corrected chi connectivity index (χ0v) is 17.6. The van der Waals surface area contributed by atoms with Gasteiger partial charge in [-0.3, -0.25) is 10.1 Å². The van der Waals surface area contributed by atoms with Crippen molar-refractivity contribution in [2.45, 2.75) is 26.8 Å². The van der Waals surface area contributed by atoms with E-state index < -0.39 is 23.9 Å². The molecule has 0 spiro atoms. The number of imide groups is 1. The molecular formula is C16H25N2O5W-. The summed E-state index contributed by atoms with van der Waals surface area (Å²) in [4.78, 5) is 33.9. The fraction of sp³-hybridized carbons (Fsp3) is 0.438. The van der Waals surface area contributed by atoms with Gasteiger partial charge < -0.3 is 19.6 Å². The average molecular weight is 509 g/mol. The third-order valence-electron chi connectivity index (χ3n) is 2.06. The Balaban J connectivity index is -0.000000660. The number of amides is 3. The zero-order chi connectivity index (χ0) is 18.3. The number of alkyl carbamates (subject to hydrolysis) is 1. The van der Waals surface area contributed by atoms with Crippen molar-refractivity contribution in [3.05, 3.63) is 36.5 Å². The number of ether oxygens (including phenoxy) is 2. The Morgan fingerprint density at radius 2 is 1.96 bits per heavy atom. The standard InChI is InChI=1S/C12H13N2O4.C2H6O.C2H6.W/c1-3-5-8(6-4-2)10(15)13-9-7-18-12(17)14-11(9)16;1-3-2;1-2;/h3-5,9H,1,7H2,2H3,(H,13,15)(H,14,16,17);1-2H3;1-2H3;/q-1;;;/b8-5+;;;/t9-;;;/m0.../s1. The zero-order valence-electron chi connectivity index (χ0n) is 14.7. The summed E-state index contributed by atoms with van der Waals surface area (Å²) in [6, 6.07) is -0.901. The maximum Gasteiger partial charge on any atom is 0.413 e. The number of hydrogen-bond acceptors (Lipinski definition) is 5. The van der Waals surface area contributed by atoms with Gasteiger partial charge in [0.1, 0.15) is 18.6 Å². The van der Waals surface area contributed by atoms with Crippen molar-refractivity contribution in [3.8, 4) is 0 Å². The molecule has 1 aliphatic heterocycles. The summed E-state index contributed by atoms with van der Waals surface area (Å²) < 4.78 is 8.86. The first-order valence-electron chi connectivity index (χ1n) is 7.05. The molecule has 1 saturated heterocycles. The predicted octanol–water partition coefficient (Wildman–Crippen LogP) is 1.52. The first kappa shape index (κ1) is 27.1. The molecule has 0 saturated carbocycles. The Morgan fingerprint density at radius 3 is 2.38 bits per heavy atom. The molecule has 1 aliphatic rings. The van der Waals surface area contributed by atoms with Crippen LogP contribution in [0.2, 0.25) is 0 Å². The Bertz CT molecular complexity index is 461. The van der Waals surface area contributed by atoms with Crippen LogP contribution in [0.3, 0.4) is 0 Å². The summed E-state index contributed by atoms with van der Waals surface area (Å²) >= 11 is 0. The van der Waals surface area contributed by atoms with E-state index in [-0.39, 0.29) is 33.2 Å². The van der Waals surface area contributed by atoms with Crippen LogP contribution in [0.4, 0.5) is 4.79 Å². The van der Waals surface area contributed by atoms with Crippen LogP contribution in [0.1, 0.15) is 20.8 Å². The van der Waals surface area contributed by atoms with Crippen molar-refractivity contribution in [2.75, 3.05) is 20.8 Å². The fourth-order valence-electron chi connectivity index (χ4n) is 1.26. The molecule has 8 heteroatoms. The molecule has 136 valence electrons. The van der Waals surface area contributed by atoms with Gasteiger partial charge >= 0.3 is 6.09 Å². The van der Waals surface area contributed by atoms with Crippen LogP contribution in [0.15, 0.2) is 30.4 Å². The topological polar surface area (TPSA) is 93.7 Å². The molecule has 1 atom stereocenters. The maximum absolute atomic E-state index is 11.8. The number of methoxy groups -OCH3 is 1. The minimum absolute atomic E-state index is 0. The van der Waals surface area contributed by atoms with E-state index in [0.717, 1.165) is 0 Å². The summed E-state index contributed by atoms with van der Waals surface area (Å²) in [5.41, 5.74) is 0.234. The minimum atomic E-state index is -0.901. The van der Waals surface area contributed by atoms with Gasteiger partial charge in [0.15, 0.2) is 0 Å². The second kappa shape index (κ2) is 17.6. The van der Waals surface area contributed by atoms with Gasteiger partial charge in [-0.1, -0.05) is 20.8 Å². The van der Waals surface area contributed by atoms with Crippen molar-refractivity contribution < 1.29 is 44.9 Å². The Kier molecular flexibility index (Phi) is 19.9. The molecule has 3 amide bonds. The van der Waals surface area contributed by atoms with Gasteiger partial charge in [0.05, 0.1) is 0 Å². The molecule has 7 nitrogen and oxygen atoms in total. The van der Waals surface area contributed by atoms with Crippen LogP contribution in [-0.2, 0) is 40.1 Å². The van der Waals surface area contributed by atoms with Crippen LogP contribution in [0, 0.1) is 6.08 Å². The molecule has 1 heterocycles. The Labute approximate surface area is 157 Å². The molecule has 0 unspecified atom stereocenters. The van der Waals surface area contributed by atoms with Gasteiger partial charge in [-0.15, -0.1) is 24.3 Å². The van der Waals surface area contributed by atoms with Crippen molar-refractivity contribution in [1.82, 2.24) is 10.6 Å². The van der Waals surface area contributed by atoms with E-state index in [9.17, 15) is 14.4 Å². The number of carbonyl (C=O) groups is 3. The van der Waals surface area contributed by atoms with E-state index in [0.29, 0.717) is 0 Å². The monoisotopic (exact) mass is 509 g/mol. The molecule has 24 heavy (non-hydrogen) atoms. The van der Waals surface area contributed by atoms with Gasteiger partial charge in [0, 0.05) is 35.3 Å². The van der Waals surface area contributed by atoms with Gasteiger partial charge in [0.25, 0.3) is 5.91 Å². The summed E-state index contributed by atoms with van der Waals surface area (Å²) in [6.45, 7) is 9.00. The van der Waals surface area contributed by atoms with Crippen LogP contribution < -0.4 is 10.6 Å². The molecular weight excluding hydrogens is 484 g/mol. The average Bonchev–Trinajstić information content (AvgIpc) is 2.52. The first-order valence-corrected chi connectivity index (χ1v) is 7.05. The molecule has 0 aromatic rings. The molecule has 0 aliphatic carbocycles. The predicted molar refractivity (Wildman–Crippen MR) is 87.5 cm³/mol. The molecule has 0 bridgehead atoms. The molecule has 1 fully saturated rings. The number of cyclic esters (lactones) is 1. The van der Waals surface area contributed by atoms with Gasteiger partial charge in [-0.05, 0) is 0 Å². The van der Waals surface area contributed by atoms with Crippen LogP contribution in [-0.4, -0.2) is 44.8 Å². The van der Waals surface area contributed by atoms with Crippen LogP contribution in [0.5, 0.6) is 0 Å². The Hall–Kier alpha value is -1.72. The van der Waals surface area contributed by atoms with E-state index in [1.807, 2.05) is 19.2 Å². The summed E-state index contributed by atoms with van der Waals surface area (Å²) in [5.74, 6) is -1.09. The van der Waals surface area contributed by atoms with Gasteiger partial charge in [-0.2, -0.15) is 12.2 Å². The number of nitrogens with one attached hydrogen (secondary N) is 2. The number of hydrogen-bond donors (Lipinski definition) is 2. The molecule has 0 aromatic carbocycles. The summed E-state index contributed by atoms with van der Waals surface area (Å²) in [6.07, 6.45) is 6.36. The molecule has 0 radical (unpaired) electrons. The summed E-state index contributed by atoms with van der Waals surface area (Å²) in [7, 11) is 3.25. The SMILES string of the molecule is C=C/C=C(\[C-]=CC)C(=O)N[C@H]1COC(=O)NC1=O.CC.COC.[W]. The number of rotatable bonds is 4. The smallest absolute Gasteiger partial charge is 0.413 e. The van der Waals surface area contributed by atoms with E-state index in [1.54, 1.807) is 27.2 Å². The van der Waals surface area contributed by atoms with Crippen molar-refractivity contribution in [3.63, 3.8) is 0 Å². The second-order valence-corrected chi connectivity index (χ2v) is 3.77. The summed E-state index contributed by atoms with van der Waals surface area (Å²) in [5, 5.41) is 4.39. The van der Waals surface area contributed by atoms with Crippen LogP contribution >= 0.6 is 0 Å². The number of carbonyl (C=O) groups excluding carboxylic acids is 3. The van der Waals surface area contributed by atoms with Gasteiger partial charge in [-0.25, -0.2) is 4.79 Å². The van der Waals surface area contributed by atoms with E-state index in [2.05, 4.69) is 27.4 Å². The molecule has 1 rings (SSSR count). The van der Waals surface area contributed by atoms with E-state index in [1.165, 1.54) is 12.2 Å². The van der Waals surface area contributed by atoms with Crippen LogP contribution in [0.25, 0.3) is 0 Å². The maximum atomic E-state index is 11.8. The fourth-order valence-corrected chi connectivity index (χ4v) is 1.26. The second-order valence-electron chi connectivity index (χ2n) is 3.77.